The van der Waals surface area contributed by atoms with Crippen molar-refractivity contribution < 1.29 is 22.8 Å². The molecule has 8 nitrogen and oxygen atoms in total. The SMILES string of the molecule is CN(C)Cc1ccc(-c2ccc3c(=O)n(CC[C@@](C)(C(=O)NO)S(C)(=O)=O)ccc3c2)c(F)c1. The maximum absolute atomic E-state index is 14.7. The van der Waals surface area contributed by atoms with E-state index in [1.54, 1.807) is 30.3 Å². The molecule has 3 rings (SSSR count). The Balaban J connectivity index is 1.93. The second kappa shape index (κ2) is 9.65. The van der Waals surface area contributed by atoms with Crippen LogP contribution < -0.4 is 11.0 Å². The van der Waals surface area contributed by atoms with E-state index in [9.17, 15) is 22.4 Å². The number of rotatable bonds is 8. The lowest BCUT2D eigenvalue weighted by molar-refractivity contribution is -0.131. The van der Waals surface area contributed by atoms with Crippen molar-refractivity contribution in [2.75, 3.05) is 20.4 Å². The fourth-order valence-electron chi connectivity index (χ4n) is 3.81. The van der Waals surface area contributed by atoms with Gasteiger partial charge in [-0.2, -0.15) is 0 Å². The van der Waals surface area contributed by atoms with Crippen molar-refractivity contribution in [3.8, 4) is 11.1 Å². The molecule has 0 saturated heterocycles. The summed E-state index contributed by atoms with van der Waals surface area (Å²) in [5, 5.41) is 9.94. The zero-order valence-electron chi connectivity index (χ0n) is 19.5. The molecule has 0 bridgehead atoms. The maximum atomic E-state index is 14.7. The number of nitrogens with one attached hydrogen (secondary N) is 1. The zero-order valence-corrected chi connectivity index (χ0v) is 20.3. The van der Waals surface area contributed by atoms with E-state index in [2.05, 4.69) is 0 Å². The topological polar surface area (TPSA) is 109 Å². The van der Waals surface area contributed by atoms with E-state index in [0.29, 0.717) is 28.4 Å². The van der Waals surface area contributed by atoms with Crippen LogP contribution in [0.25, 0.3) is 21.9 Å². The van der Waals surface area contributed by atoms with Gasteiger partial charge in [0, 0.05) is 36.5 Å². The molecule has 182 valence electrons. The minimum atomic E-state index is -3.88. The summed E-state index contributed by atoms with van der Waals surface area (Å²) in [6.07, 6.45) is 2.19. The molecule has 3 aromatic rings. The van der Waals surface area contributed by atoms with Crippen LogP contribution in [0.3, 0.4) is 0 Å². The predicted octanol–water partition coefficient (Wildman–Crippen LogP) is 2.57. The van der Waals surface area contributed by atoms with Crippen molar-refractivity contribution in [1.82, 2.24) is 14.9 Å². The summed E-state index contributed by atoms with van der Waals surface area (Å²) in [5.74, 6) is -1.42. The smallest absolute Gasteiger partial charge is 0.264 e. The van der Waals surface area contributed by atoms with Crippen LogP contribution in [0.1, 0.15) is 18.9 Å². The number of nitrogens with zero attached hydrogens (tertiary/aromatic N) is 2. The van der Waals surface area contributed by atoms with Crippen LogP contribution in [0.4, 0.5) is 4.39 Å². The number of pyridine rings is 1. The number of sulfone groups is 1. The summed E-state index contributed by atoms with van der Waals surface area (Å²) in [6.45, 7) is 1.76. The van der Waals surface area contributed by atoms with Crippen LogP contribution in [0.5, 0.6) is 0 Å². The molecule has 1 aromatic heterocycles. The second-order valence-corrected chi connectivity index (χ2v) is 11.3. The van der Waals surface area contributed by atoms with Crippen LogP contribution in [-0.4, -0.2) is 54.1 Å². The van der Waals surface area contributed by atoms with E-state index in [0.717, 1.165) is 11.8 Å². The molecule has 0 unspecified atom stereocenters. The van der Waals surface area contributed by atoms with Crippen molar-refractivity contribution in [2.24, 2.45) is 0 Å². The third-order valence-corrected chi connectivity index (χ3v) is 8.08. The van der Waals surface area contributed by atoms with Crippen LogP contribution in [0, 0.1) is 5.82 Å². The summed E-state index contributed by atoms with van der Waals surface area (Å²) in [6, 6.07) is 11.8. The number of halogens is 1. The highest BCUT2D eigenvalue weighted by Gasteiger charge is 2.43. The number of hydroxylamine groups is 1. The van der Waals surface area contributed by atoms with Gasteiger partial charge in [0.1, 0.15) is 5.82 Å². The first-order valence-electron chi connectivity index (χ1n) is 10.6. The van der Waals surface area contributed by atoms with Crippen LogP contribution in [0.15, 0.2) is 53.5 Å². The first kappa shape index (κ1) is 25.5. The van der Waals surface area contributed by atoms with E-state index in [4.69, 9.17) is 5.21 Å². The highest BCUT2D eigenvalue weighted by molar-refractivity contribution is 7.92. The Morgan fingerprint density at radius 3 is 2.47 bits per heavy atom. The van der Waals surface area contributed by atoms with Gasteiger partial charge in [-0.1, -0.05) is 18.2 Å². The van der Waals surface area contributed by atoms with Crippen LogP contribution >= 0.6 is 0 Å². The number of hydrogen-bond acceptors (Lipinski definition) is 6. The number of aryl methyl sites for hydroxylation is 1. The molecule has 0 aliphatic heterocycles. The number of aromatic nitrogens is 1. The third kappa shape index (κ3) is 5.03. The molecule has 2 N–H and O–H groups in total. The summed E-state index contributed by atoms with van der Waals surface area (Å²) >= 11 is 0. The molecule has 1 heterocycles. The molecule has 1 amide bonds. The molecule has 0 spiro atoms. The monoisotopic (exact) mass is 489 g/mol. The van der Waals surface area contributed by atoms with Crippen LogP contribution in [-0.2, 0) is 27.7 Å². The highest BCUT2D eigenvalue weighted by Crippen LogP contribution is 2.27. The van der Waals surface area contributed by atoms with Gasteiger partial charge in [-0.3, -0.25) is 14.8 Å². The van der Waals surface area contributed by atoms with E-state index < -0.39 is 20.5 Å². The van der Waals surface area contributed by atoms with E-state index in [-0.39, 0.29) is 24.3 Å². The third-order valence-electron chi connectivity index (χ3n) is 6.05. The molecule has 10 heteroatoms. The molecule has 2 aromatic carbocycles. The molecule has 0 fully saturated rings. The Labute approximate surface area is 197 Å². The van der Waals surface area contributed by atoms with E-state index in [1.165, 1.54) is 29.2 Å². The fraction of sp³-hybridized carbons (Fsp3) is 0.333. The predicted molar refractivity (Wildman–Crippen MR) is 129 cm³/mol. The molecular formula is C24H28FN3O5S. The van der Waals surface area contributed by atoms with Crippen molar-refractivity contribution in [3.63, 3.8) is 0 Å². The highest BCUT2D eigenvalue weighted by atomic mass is 32.2. The Bertz CT molecular complexity index is 1400. The average Bonchev–Trinajstić information content (AvgIpc) is 2.76. The lowest BCUT2D eigenvalue weighted by atomic mass is 10.00. The molecule has 0 radical (unpaired) electrons. The first-order chi connectivity index (χ1) is 15.9. The lowest BCUT2D eigenvalue weighted by Crippen LogP contribution is -2.49. The van der Waals surface area contributed by atoms with Gasteiger partial charge in [0.25, 0.3) is 11.5 Å². The van der Waals surface area contributed by atoms with Crippen molar-refractivity contribution >= 4 is 26.5 Å². The number of carbonyl (C=O) groups is 1. The summed E-state index contributed by atoms with van der Waals surface area (Å²) in [5.41, 5.74) is 2.93. The van der Waals surface area contributed by atoms with Gasteiger partial charge in [0.15, 0.2) is 14.6 Å². The number of benzene rings is 2. The van der Waals surface area contributed by atoms with Crippen molar-refractivity contribution in [1.29, 1.82) is 0 Å². The zero-order chi connectivity index (χ0) is 25.3. The normalized spacial score (nSPS) is 13.7. The minimum Gasteiger partial charge on any atom is -0.315 e. The Morgan fingerprint density at radius 1 is 1.18 bits per heavy atom. The molecular weight excluding hydrogens is 461 g/mol. The summed E-state index contributed by atoms with van der Waals surface area (Å²) < 4.78 is 38.5. The molecule has 0 aliphatic rings. The van der Waals surface area contributed by atoms with E-state index in [1.807, 2.05) is 25.1 Å². The Hall–Kier alpha value is -3.08. The number of amides is 1. The number of hydrogen-bond donors (Lipinski definition) is 2. The van der Waals surface area contributed by atoms with Gasteiger partial charge in [-0.05, 0) is 68.2 Å². The van der Waals surface area contributed by atoms with Gasteiger partial charge in [-0.15, -0.1) is 0 Å². The molecule has 1 atom stereocenters. The summed E-state index contributed by atoms with van der Waals surface area (Å²) in [4.78, 5) is 26.9. The fourth-order valence-corrected chi connectivity index (χ4v) is 4.65. The maximum Gasteiger partial charge on any atom is 0.264 e. The first-order valence-corrected chi connectivity index (χ1v) is 12.5. The van der Waals surface area contributed by atoms with Gasteiger partial charge in [0.05, 0.1) is 0 Å². The van der Waals surface area contributed by atoms with Gasteiger partial charge in [-0.25, -0.2) is 18.3 Å². The quantitative estimate of drug-likeness (QED) is 0.372. The summed E-state index contributed by atoms with van der Waals surface area (Å²) in [7, 11) is -0.0617. The largest absolute Gasteiger partial charge is 0.315 e. The van der Waals surface area contributed by atoms with Crippen LogP contribution in [0.2, 0.25) is 0 Å². The second-order valence-electron chi connectivity index (χ2n) is 8.86. The van der Waals surface area contributed by atoms with Gasteiger partial charge >= 0.3 is 0 Å². The van der Waals surface area contributed by atoms with Crippen molar-refractivity contribution in [3.05, 3.63) is 70.4 Å². The lowest BCUT2D eigenvalue weighted by Gasteiger charge is -2.25. The van der Waals surface area contributed by atoms with E-state index >= 15 is 0 Å². The minimum absolute atomic E-state index is 0.0600. The average molecular weight is 490 g/mol. The Kier molecular flexibility index (Phi) is 7.25. The number of fused-ring (bicyclic) bond motifs is 1. The molecule has 0 saturated carbocycles. The molecule has 34 heavy (non-hydrogen) atoms. The van der Waals surface area contributed by atoms with Gasteiger partial charge < -0.3 is 9.47 Å². The van der Waals surface area contributed by atoms with Gasteiger partial charge in [0.2, 0.25) is 0 Å². The Morgan fingerprint density at radius 2 is 1.88 bits per heavy atom. The molecule has 0 aliphatic carbocycles. The number of carbonyl (C=O) groups excluding carboxylic acids is 1. The van der Waals surface area contributed by atoms with Crippen molar-refractivity contribution in [2.45, 2.75) is 31.2 Å². The standard InChI is InChI=1S/C24H28FN3O5S/c1-24(23(30)26-31,34(4,32)33)10-12-28-11-9-18-14-17(6-8-20(18)22(28)29)19-7-5-16(13-21(19)25)15-27(2)3/h5-9,11,13-14,31H,10,12,15H2,1-4H3,(H,26,30)/t24-/m0/s1.